The lowest BCUT2D eigenvalue weighted by Gasteiger charge is -2.13. The largest absolute Gasteiger partial charge is 0.497 e. The predicted octanol–water partition coefficient (Wildman–Crippen LogP) is 4.57. The number of hydrogen-bond acceptors (Lipinski definition) is 5. The number of methoxy groups -OCH3 is 1. The van der Waals surface area contributed by atoms with E-state index in [2.05, 4.69) is 15.5 Å². The molecule has 2 aromatic heterocycles. The van der Waals surface area contributed by atoms with Crippen molar-refractivity contribution < 1.29 is 14.1 Å². The normalized spacial score (nSPS) is 14.5. The zero-order valence-electron chi connectivity index (χ0n) is 15.9. The standard InChI is InChI=1S/C23H19N3O3/c1-28-17-8-2-6-16(13-17)19-14-20(26-29-19)23(10-11-23)22(27)25-18-9-3-5-15-7-4-12-24-21(15)18/h2-9,12-14H,10-11H2,1H3,(H,25,27). The fourth-order valence-electron chi connectivity index (χ4n) is 3.58. The first kappa shape index (κ1) is 17.4. The van der Waals surface area contributed by atoms with Gasteiger partial charge in [0.1, 0.15) is 5.75 Å². The number of benzene rings is 2. The molecule has 4 aromatic rings. The van der Waals surface area contributed by atoms with Crippen molar-refractivity contribution in [2.45, 2.75) is 18.3 Å². The highest BCUT2D eigenvalue weighted by atomic mass is 16.5. The van der Waals surface area contributed by atoms with E-state index in [0.29, 0.717) is 17.1 Å². The SMILES string of the molecule is COc1cccc(-c2cc(C3(C(=O)Nc4cccc5cccnc45)CC3)no2)c1. The number of anilines is 1. The van der Waals surface area contributed by atoms with Crippen molar-refractivity contribution >= 4 is 22.5 Å². The molecule has 0 unspecified atom stereocenters. The second-order valence-electron chi connectivity index (χ2n) is 7.23. The van der Waals surface area contributed by atoms with E-state index in [1.165, 1.54) is 0 Å². The molecule has 0 atom stereocenters. The number of para-hydroxylation sites is 1. The van der Waals surface area contributed by atoms with Gasteiger partial charge in [0.05, 0.1) is 29.4 Å². The Kier molecular flexibility index (Phi) is 4.05. The lowest BCUT2D eigenvalue weighted by molar-refractivity contribution is -0.118. The Morgan fingerprint density at radius 3 is 2.76 bits per heavy atom. The molecular formula is C23H19N3O3. The minimum atomic E-state index is -0.655. The summed E-state index contributed by atoms with van der Waals surface area (Å²) in [7, 11) is 1.62. The van der Waals surface area contributed by atoms with Crippen molar-refractivity contribution in [1.29, 1.82) is 0 Å². The summed E-state index contributed by atoms with van der Waals surface area (Å²) in [6.45, 7) is 0. The molecule has 0 bridgehead atoms. The Balaban J connectivity index is 1.43. The van der Waals surface area contributed by atoms with E-state index in [9.17, 15) is 4.79 Å². The van der Waals surface area contributed by atoms with E-state index < -0.39 is 5.41 Å². The number of hydrogen-bond donors (Lipinski definition) is 1. The van der Waals surface area contributed by atoms with Crippen LogP contribution in [0.4, 0.5) is 5.69 Å². The van der Waals surface area contributed by atoms with Crippen LogP contribution in [0.15, 0.2) is 71.4 Å². The maximum atomic E-state index is 13.1. The van der Waals surface area contributed by atoms with Crippen LogP contribution >= 0.6 is 0 Å². The molecule has 1 aliphatic rings. The van der Waals surface area contributed by atoms with Gasteiger partial charge in [-0.05, 0) is 37.1 Å². The highest BCUT2D eigenvalue weighted by Gasteiger charge is 2.54. The zero-order chi connectivity index (χ0) is 19.8. The zero-order valence-corrected chi connectivity index (χ0v) is 15.9. The van der Waals surface area contributed by atoms with Crippen LogP contribution in [0, 0.1) is 0 Å². The first-order valence-electron chi connectivity index (χ1n) is 9.46. The Bertz CT molecular complexity index is 1210. The second-order valence-corrected chi connectivity index (χ2v) is 7.23. The van der Waals surface area contributed by atoms with E-state index in [1.54, 1.807) is 13.3 Å². The van der Waals surface area contributed by atoms with E-state index in [-0.39, 0.29) is 5.91 Å². The van der Waals surface area contributed by atoms with Crippen molar-refractivity contribution in [3.8, 4) is 17.1 Å². The number of carbonyl (C=O) groups excluding carboxylic acids is 1. The first-order chi connectivity index (χ1) is 14.2. The highest BCUT2D eigenvalue weighted by Crippen LogP contribution is 2.49. The van der Waals surface area contributed by atoms with Gasteiger partial charge in [-0.3, -0.25) is 9.78 Å². The summed E-state index contributed by atoms with van der Waals surface area (Å²) in [6.07, 6.45) is 3.20. The van der Waals surface area contributed by atoms with Gasteiger partial charge in [-0.2, -0.15) is 0 Å². The lowest BCUT2D eigenvalue weighted by Crippen LogP contribution is -2.28. The predicted molar refractivity (Wildman–Crippen MR) is 110 cm³/mol. The monoisotopic (exact) mass is 385 g/mol. The maximum absolute atomic E-state index is 13.1. The van der Waals surface area contributed by atoms with Crippen LogP contribution in [0.25, 0.3) is 22.2 Å². The molecule has 0 radical (unpaired) electrons. The number of nitrogens with one attached hydrogen (secondary N) is 1. The van der Waals surface area contributed by atoms with Gasteiger partial charge in [0.25, 0.3) is 0 Å². The summed E-state index contributed by atoms with van der Waals surface area (Å²) in [6, 6.07) is 19.0. The first-order valence-corrected chi connectivity index (χ1v) is 9.46. The van der Waals surface area contributed by atoms with Gasteiger partial charge in [-0.1, -0.05) is 35.5 Å². The summed E-state index contributed by atoms with van der Waals surface area (Å²) in [5.74, 6) is 1.27. The number of ether oxygens (including phenoxy) is 1. The molecular weight excluding hydrogens is 366 g/mol. The summed E-state index contributed by atoms with van der Waals surface area (Å²) >= 11 is 0. The Hall–Kier alpha value is -3.67. The quantitative estimate of drug-likeness (QED) is 0.545. The molecule has 5 rings (SSSR count). The van der Waals surface area contributed by atoms with Crippen LogP contribution in [-0.2, 0) is 10.2 Å². The number of nitrogens with zero attached hydrogens (tertiary/aromatic N) is 2. The van der Waals surface area contributed by atoms with Crippen LogP contribution in [0.3, 0.4) is 0 Å². The van der Waals surface area contributed by atoms with Gasteiger partial charge in [-0.25, -0.2) is 0 Å². The number of amides is 1. The third-order valence-corrected chi connectivity index (χ3v) is 5.42. The number of pyridine rings is 1. The molecule has 1 fully saturated rings. The summed E-state index contributed by atoms with van der Waals surface area (Å²) in [5.41, 5.74) is 2.34. The van der Waals surface area contributed by atoms with E-state index >= 15 is 0 Å². The maximum Gasteiger partial charge on any atom is 0.236 e. The van der Waals surface area contributed by atoms with Crippen LogP contribution < -0.4 is 10.1 Å². The lowest BCUT2D eigenvalue weighted by atomic mass is 10.00. The number of carbonyl (C=O) groups is 1. The third kappa shape index (κ3) is 3.02. The Morgan fingerprint density at radius 1 is 1.10 bits per heavy atom. The highest BCUT2D eigenvalue weighted by molar-refractivity contribution is 6.06. The van der Waals surface area contributed by atoms with E-state index in [0.717, 1.165) is 35.1 Å². The molecule has 0 aliphatic heterocycles. The average Bonchev–Trinajstić information content (AvgIpc) is 3.43. The molecule has 144 valence electrons. The van der Waals surface area contributed by atoms with E-state index in [4.69, 9.17) is 9.26 Å². The number of fused-ring (bicyclic) bond motifs is 1. The molecule has 1 aliphatic carbocycles. The third-order valence-electron chi connectivity index (χ3n) is 5.42. The summed E-state index contributed by atoms with van der Waals surface area (Å²) in [5, 5.41) is 8.25. The van der Waals surface area contributed by atoms with Crippen LogP contribution in [0.5, 0.6) is 5.75 Å². The fourth-order valence-corrected chi connectivity index (χ4v) is 3.58. The topological polar surface area (TPSA) is 77.2 Å². The molecule has 2 heterocycles. The Morgan fingerprint density at radius 2 is 1.93 bits per heavy atom. The van der Waals surface area contributed by atoms with Gasteiger partial charge in [0.15, 0.2) is 5.76 Å². The summed E-state index contributed by atoms with van der Waals surface area (Å²) < 4.78 is 10.8. The van der Waals surface area contributed by atoms with Gasteiger partial charge in [-0.15, -0.1) is 0 Å². The average molecular weight is 385 g/mol. The van der Waals surface area contributed by atoms with Gasteiger partial charge in [0, 0.05) is 23.2 Å². The minimum Gasteiger partial charge on any atom is -0.497 e. The van der Waals surface area contributed by atoms with Crippen molar-refractivity contribution in [3.63, 3.8) is 0 Å². The van der Waals surface area contributed by atoms with Crippen LogP contribution in [0.1, 0.15) is 18.5 Å². The van der Waals surface area contributed by atoms with Gasteiger partial charge >= 0.3 is 0 Å². The van der Waals surface area contributed by atoms with Crippen LogP contribution in [0.2, 0.25) is 0 Å². The van der Waals surface area contributed by atoms with Gasteiger partial charge < -0.3 is 14.6 Å². The minimum absolute atomic E-state index is 0.0823. The molecule has 2 aromatic carbocycles. The van der Waals surface area contributed by atoms with E-state index in [1.807, 2.05) is 60.7 Å². The molecule has 29 heavy (non-hydrogen) atoms. The number of rotatable bonds is 5. The molecule has 1 saturated carbocycles. The number of aromatic nitrogens is 2. The molecule has 6 heteroatoms. The van der Waals surface area contributed by atoms with Gasteiger partial charge in [0.2, 0.25) is 5.91 Å². The van der Waals surface area contributed by atoms with Crippen molar-refractivity contribution in [2.24, 2.45) is 0 Å². The van der Waals surface area contributed by atoms with Crippen molar-refractivity contribution in [1.82, 2.24) is 10.1 Å². The summed E-state index contributed by atoms with van der Waals surface area (Å²) in [4.78, 5) is 17.6. The smallest absolute Gasteiger partial charge is 0.236 e. The van der Waals surface area contributed by atoms with Crippen molar-refractivity contribution in [2.75, 3.05) is 12.4 Å². The molecule has 1 N–H and O–H groups in total. The Labute approximate surface area is 167 Å². The second kappa shape index (κ2) is 6.74. The van der Waals surface area contributed by atoms with Crippen molar-refractivity contribution in [3.05, 3.63) is 72.6 Å². The molecule has 0 spiro atoms. The van der Waals surface area contributed by atoms with Crippen LogP contribution in [-0.4, -0.2) is 23.2 Å². The molecule has 1 amide bonds. The molecule has 0 saturated heterocycles. The fraction of sp³-hybridized carbons (Fsp3) is 0.174. The molecule has 6 nitrogen and oxygen atoms in total.